The van der Waals surface area contributed by atoms with Gasteiger partial charge in [-0.05, 0) is 48.5 Å². The van der Waals surface area contributed by atoms with E-state index in [9.17, 15) is 9.59 Å². The Kier molecular flexibility index (Phi) is 6.87. The molecule has 0 saturated heterocycles. The van der Waals surface area contributed by atoms with Crippen molar-refractivity contribution in [1.29, 1.82) is 0 Å². The fourth-order valence-corrected chi connectivity index (χ4v) is 3.47. The lowest BCUT2D eigenvalue weighted by Gasteiger charge is -2.11. The minimum atomic E-state index is -0.241. The molecular formula is C23H21NO3S. The summed E-state index contributed by atoms with van der Waals surface area (Å²) in [4.78, 5) is 26.0. The Morgan fingerprint density at radius 1 is 0.893 bits per heavy atom. The van der Waals surface area contributed by atoms with E-state index < -0.39 is 0 Å². The first-order chi connectivity index (χ1) is 13.7. The SMILES string of the molecule is CCC(=O)c1ccc(OCC(=O)Nc2ccccc2Sc2ccccc2)cc1. The third kappa shape index (κ3) is 5.47. The van der Waals surface area contributed by atoms with Gasteiger partial charge in [0.25, 0.3) is 5.91 Å². The Morgan fingerprint density at radius 2 is 1.57 bits per heavy atom. The fourth-order valence-electron chi connectivity index (χ4n) is 2.55. The Balaban J connectivity index is 1.58. The highest BCUT2D eigenvalue weighted by Gasteiger charge is 2.09. The fraction of sp³-hybridized carbons (Fsp3) is 0.130. The molecule has 5 heteroatoms. The molecule has 1 amide bonds. The minimum absolute atomic E-state index is 0.0804. The second-order valence-corrected chi connectivity index (χ2v) is 7.16. The van der Waals surface area contributed by atoms with E-state index >= 15 is 0 Å². The van der Waals surface area contributed by atoms with Crippen LogP contribution in [0.2, 0.25) is 0 Å². The molecule has 142 valence electrons. The Hall–Kier alpha value is -3.05. The third-order valence-electron chi connectivity index (χ3n) is 4.00. The predicted molar refractivity (Wildman–Crippen MR) is 112 cm³/mol. The lowest BCUT2D eigenvalue weighted by molar-refractivity contribution is -0.118. The van der Waals surface area contributed by atoms with Crippen molar-refractivity contribution in [2.75, 3.05) is 11.9 Å². The van der Waals surface area contributed by atoms with E-state index in [0.29, 0.717) is 17.7 Å². The molecule has 0 saturated carbocycles. The number of carbonyl (C=O) groups excluding carboxylic acids is 2. The molecule has 0 bridgehead atoms. The molecule has 0 aliphatic rings. The van der Waals surface area contributed by atoms with Gasteiger partial charge in [-0.3, -0.25) is 9.59 Å². The van der Waals surface area contributed by atoms with E-state index in [-0.39, 0.29) is 18.3 Å². The number of rotatable bonds is 8. The van der Waals surface area contributed by atoms with Crippen molar-refractivity contribution in [3.05, 3.63) is 84.4 Å². The number of hydrogen-bond donors (Lipinski definition) is 1. The first kappa shape index (κ1) is 19.7. The van der Waals surface area contributed by atoms with Crippen molar-refractivity contribution in [1.82, 2.24) is 0 Å². The van der Waals surface area contributed by atoms with Gasteiger partial charge in [-0.25, -0.2) is 0 Å². The normalized spacial score (nSPS) is 10.3. The lowest BCUT2D eigenvalue weighted by Crippen LogP contribution is -2.20. The highest BCUT2D eigenvalue weighted by atomic mass is 32.2. The minimum Gasteiger partial charge on any atom is -0.484 e. The van der Waals surface area contributed by atoms with Crippen LogP contribution in [0.15, 0.2) is 88.7 Å². The summed E-state index contributed by atoms with van der Waals surface area (Å²) in [7, 11) is 0. The molecule has 0 unspecified atom stereocenters. The number of hydrogen-bond acceptors (Lipinski definition) is 4. The number of para-hydroxylation sites is 1. The summed E-state index contributed by atoms with van der Waals surface area (Å²) in [6.07, 6.45) is 0.461. The molecule has 1 N–H and O–H groups in total. The third-order valence-corrected chi connectivity index (χ3v) is 5.08. The van der Waals surface area contributed by atoms with Gasteiger partial charge in [0.1, 0.15) is 5.75 Å². The van der Waals surface area contributed by atoms with Gasteiger partial charge in [0.15, 0.2) is 12.4 Å². The quantitative estimate of drug-likeness (QED) is 0.519. The Labute approximate surface area is 168 Å². The first-order valence-corrected chi connectivity index (χ1v) is 9.85. The van der Waals surface area contributed by atoms with Crippen molar-refractivity contribution in [2.24, 2.45) is 0 Å². The van der Waals surface area contributed by atoms with Crippen molar-refractivity contribution >= 4 is 29.1 Å². The van der Waals surface area contributed by atoms with E-state index in [0.717, 1.165) is 15.5 Å². The molecule has 0 aliphatic carbocycles. The summed E-state index contributed by atoms with van der Waals surface area (Å²) in [5.41, 5.74) is 1.39. The molecule has 0 heterocycles. The molecule has 28 heavy (non-hydrogen) atoms. The van der Waals surface area contributed by atoms with E-state index in [1.165, 1.54) is 0 Å². The van der Waals surface area contributed by atoms with Gasteiger partial charge >= 0.3 is 0 Å². The summed E-state index contributed by atoms with van der Waals surface area (Å²) >= 11 is 1.59. The number of carbonyl (C=O) groups is 2. The Morgan fingerprint density at radius 3 is 2.29 bits per heavy atom. The second-order valence-electron chi connectivity index (χ2n) is 6.05. The highest BCUT2D eigenvalue weighted by Crippen LogP contribution is 2.33. The molecule has 0 atom stereocenters. The highest BCUT2D eigenvalue weighted by molar-refractivity contribution is 7.99. The van der Waals surface area contributed by atoms with Crippen molar-refractivity contribution in [3.63, 3.8) is 0 Å². The summed E-state index contributed by atoms with van der Waals surface area (Å²) in [5.74, 6) is 0.390. The molecule has 0 radical (unpaired) electrons. The van der Waals surface area contributed by atoms with Gasteiger partial charge in [-0.1, -0.05) is 49.0 Å². The zero-order valence-corrected chi connectivity index (χ0v) is 16.4. The van der Waals surface area contributed by atoms with Crippen LogP contribution < -0.4 is 10.1 Å². The van der Waals surface area contributed by atoms with Crippen molar-refractivity contribution in [2.45, 2.75) is 23.1 Å². The average Bonchev–Trinajstić information content (AvgIpc) is 2.74. The number of Topliss-reactive ketones (excluding diaryl/α,β-unsaturated/α-hetero) is 1. The van der Waals surface area contributed by atoms with Crippen LogP contribution in [0.4, 0.5) is 5.69 Å². The van der Waals surface area contributed by atoms with Crippen LogP contribution in [-0.2, 0) is 4.79 Å². The maximum atomic E-state index is 12.3. The van der Waals surface area contributed by atoms with Crippen LogP contribution >= 0.6 is 11.8 Å². The summed E-state index contributed by atoms with van der Waals surface area (Å²) < 4.78 is 5.54. The Bertz CT molecular complexity index is 940. The van der Waals surface area contributed by atoms with E-state index in [2.05, 4.69) is 5.32 Å². The molecule has 3 aromatic carbocycles. The van der Waals surface area contributed by atoms with Gasteiger partial charge in [-0.2, -0.15) is 0 Å². The number of ether oxygens (including phenoxy) is 1. The maximum Gasteiger partial charge on any atom is 0.262 e. The summed E-state index contributed by atoms with van der Waals surface area (Å²) in [6, 6.07) is 24.5. The molecule has 0 fully saturated rings. The van der Waals surface area contributed by atoms with Gasteiger partial charge in [-0.15, -0.1) is 0 Å². The van der Waals surface area contributed by atoms with Crippen LogP contribution in [0.1, 0.15) is 23.7 Å². The van der Waals surface area contributed by atoms with Crippen LogP contribution in [-0.4, -0.2) is 18.3 Å². The van der Waals surface area contributed by atoms with Crippen molar-refractivity contribution in [3.8, 4) is 5.75 Å². The molecule has 0 aliphatic heterocycles. The number of nitrogens with one attached hydrogen (secondary N) is 1. The van der Waals surface area contributed by atoms with Gasteiger partial charge in [0.2, 0.25) is 0 Å². The number of amides is 1. The topological polar surface area (TPSA) is 55.4 Å². The lowest BCUT2D eigenvalue weighted by atomic mass is 10.1. The second kappa shape index (κ2) is 9.76. The van der Waals surface area contributed by atoms with Crippen LogP contribution in [0.3, 0.4) is 0 Å². The van der Waals surface area contributed by atoms with Gasteiger partial charge in [0.05, 0.1) is 5.69 Å². The largest absolute Gasteiger partial charge is 0.484 e. The predicted octanol–water partition coefficient (Wildman–Crippen LogP) is 5.45. The van der Waals surface area contributed by atoms with Gasteiger partial charge < -0.3 is 10.1 Å². The molecule has 4 nitrogen and oxygen atoms in total. The van der Waals surface area contributed by atoms with E-state index in [1.54, 1.807) is 36.0 Å². The first-order valence-electron chi connectivity index (χ1n) is 9.03. The number of ketones is 1. The number of benzene rings is 3. The summed E-state index contributed by atoms with van der Waals surface area (Å²) in [5, 5.41) is 2.90. The van der Waals surface area contributed by atoms with Crippen LogP contribution in [0, 0.1) is 0 Å². The zero-order chi connectivity index (χ0) is 19.8. The molecule has 3 rings (SSSR count). The molecular weight excluding hydrogens is 370 g/mol. The monoisotopic (exact) mass is 391 g/mol. The maximum absolute atomic E-state index is 12.3. The summed E-state index contributed by atoms with van der Waals surface area (Å²) in [6.45, 7) is 1.72. The average molecular weight is 391 g/mol. The molecule has 0 aromatic heterocycles. The van der Waals surface area contributed by atoms with Crippen LogP contribution in [0.25, 0.3) is 0 Å². The smallest absolute Gasteiger partial charge is 0.262 e. The zero-order valence-electron chi connectivity index (χ0n) is 15.6. The number of anilines is 1. The van der Waals surface area contributed by atoms with Gasteiger partial charge in [0, 0.05) is 21.8 Å². The standard InChI is InChI=1S/C23H21NO3S/c1-2-21(25)17-12-14-18(15-13-17)27-16-23(26)24-20-10-6-7-11-22(20)28-19-8-4-3-5-9-19/h3-15H,2,16H2,1H3,(H,24,26). The van der Waals surface area contributed by atoms with Crippen LogP contribution in [0.5, 0.6) is 5.75 Å². The molecule has 3 aromatic rings. The van der Waals surface area contributed by atoms with E-state index in [4.69, 9.17) is 4.74 Å². The van der Waals surface area contributed by atoms with Crippen molar-refractivity contribution < 1.29 is 14.3 Å². The molecule has 0 spiro atoms. The van der Waals surface area contributed by atoms with E-state index in [1.807, 2.05) is 61.5 Å².